The first-order valence-electron chi connectivity index (χ1n) is 31.8. The van der Waals surface area contributed by atoms with Crippen LogP contribution >= 0.6 is 21.6 Å². The highest BCUT2D eigenvalue weighted by atomic mass is 33.1. The van der Waals surface area contributed by atoms with Crippen molar-refractivity contribution in [2.24, 2.45) is 28.7 Å². The van der Waals surface area contributed by atoms with Crippen molar-refractivity contribution < 1.29 is 53.1 Å². The quantitative estimate of drug-likeness (QED) is 0.0320. The molecule has 1 aliphatic rings. The zero-order valence-electron chi connectivity index (χ0n) is 52.6. The van der Waals surface area contributed by atoms with Crippen LogP contribution in [0.25, 0.3) is 0 Å². The smallest absolute Gasteiger partial charge is 0.327 e. The largest absolute Gasteiger partial charge is 0.480 e. The molecule has 25 nitrogen and oxygen atoms in total. The van der Waals surface area contributed by atoms with Gasteiger partial charge in [0, 0.05) is 37.2 Å². The average Bonchev–Trinajstić information content (AvgIpc) is 3.60. The molecule has 10 atom stereocenters. The minimum Gasteiger partial charge on any atom is -0.480 e. The van der Waals surface area contributed by atoms with Crippen LogP contribution in [0.3, 0.4) is 0 Å². The molecule has 1 aliphatic heterocycles. The van der Waals surface area contributed by atoms with Gasteiger partial charge in [-0.1, -0.05) is 143 Å². The van der Waals surface area contributed by atoms with Crippen LogP contribution in [-0.2, 0) is 73.6 Å². The fraction of sp³-hybridized carbons (Fsp3) is 0.485. The summed E-state index contributed by atoms with van der Waals surface area (Å²) in [4.78, 5) is 145. The zero-order valence-corrected chi connectivity index (χ0v) is 54.2. The second-order valence-corrected chi connectivity index (χ2v) is 25.5. The number of carbonyl (C=O) groups is 10. The molecular weight excluding hydrogens is 1230 g/mol. The highest BCUT2D eigenvalue weighted by molar-refractivity contribution is 8.76. The average molecular weight is 1320 g/mol. The standard InChI is InChI=1S/C66H94N14O11S2/c67-33-17-13-29-48-58(82)76-52(37-43-21-5-1-6-22-43)62(86)73-49(30-14-18-34-68)59(83)77-53(38-44-23-7-2-8-24-44)63(87)74-50(31-15-19-35-69)60(84)78-54(39-45-25-9-3-10-26-45)64(88)75-51(32-16-20-36-70)61(85)79-55(40-46-27-11-4-12-28-46)65(89)80-56(66(90)91)42-93-92-41-47(71)57(81)72-48/h1-12,21-28,47-56H,13-20,29-42,67-71H2,(H,72,81)(H,73,86)(H,74,87)(H,75,88)(H,76,82)(H,77,83)(H,78,84)(H,79,85)(H,80,89)(H,90,91)/t47-,48?,49-,50-,51?,52?,53?,54-,55-,56?/m0/s1. The van der Waals surface area contributed by atoms with Gasteiger partial charge in [0.05, 0.1) is 6.04 Å². The van der Waals surface area contributed by atoms with E-state index in [4.69, 9.17) is 28.7 Å². The van der Waals surface area contributed by atoms with Gasteiger partial charge < -0.3 is 81.6 Å². The summed E-state index contributed by atoms with van der Waals surface area (Å²) in [5.41, 5.74) is 32.5. The highest BCUT2D eigenvalue weighted by Gasteiger charge is 2.36. The Labute approximate surface area is 552 Å². The molecule has 20 N–H and O–H groups in total. The highest BCUT2D eigenvalue weighted by Crippen LogP contribution is 2.23. The van der Waals surface area contributed by atoms with Crippen LogP contribution in [-0.4, -0.2) is 162 Å². The van der Waals surface area contributed by atoms with Gasteiger partial charge in [-0.15, -0.1) is 0 Å². The maximum absolute atomic E-state index is 15.0. The summed E-state index contributed by atoms with van der Waals surface area (Å²) in [6.07, 6.45) is 3.19. The molecular formula is C66H94N14O11S2. The molecule has 5 unspecified atom stereocenters. The number of nitrogens with one attached hydrogen (secondary N) is 9. The molecule has 4 aromatic rings. The fourth-order valence-electron chi connectivity index (χ4n) is 10.2. The number of aliphatic carboxylic acids is 1. The van der Waals surface area contributed by atoms with Gasteiger partial charge in [-0.3, -0.25) is 43.2 Å². The lowest BCUT2D eigenvalue weighted by Crippen LogP contribution is -2.61. The van der Waals surface area contributed by atoms with Gasteiger partial charge in [0.15, 0.2) is 0 Å². The second kappa shape index (κ2) is 42.3. The number of carbonyl (C=O) groups excluding carboxylic acids is 9. The lowest BCUT2D eigenvalue weighted by molar-refractivity contribution is -0.141. The predicted molar refractivity (Wildman–Crippen MR) is 360 cm³/mol. The normalized spacial score (nSPS) is 23.3. The second-order valence-electron chi connectivity index (χ2n) is 23.0. The summed E-state index contributed by atoms with van der Waals surface area (Å²) >= 11 is 0. The van der Waals surface area contributed by atoms with Crippen molar-refractivity contribution in [1.82, 2.24) is 47.9 Å². The number of amides is 9. The number of carboxylic acids is 1. The van der Waals surface area contributed by atoms with E-state index in [1.807, 2.05) is 0 Å². The van der Waals surface area contributed by atoms with Gasteiger partial charge in [-0.05, 0) is 125 Å². The number of rotatable bonds is 25. The molecule has 4 aromatic carbocycles. The molecule has 0 spiro atoms. The summed E-state index contributed by atoms with van der Waals surface area (Å²) in [6, 6.07) is 21.7. The van der Waals surface area contributed by atoms with Crippen LogP contribution in [0.2, 0.25) is 0 Å². The summed E-state index contributed by atoms with van der Waals surface area (Å²) in [7, 11) is 2.05. The van der Waals surface area contributed by atoms with Crippen molar-refractivity contribution >= 4 is 80.7 Å². The van der Waals surface area contributed by atoms with E-state index in [0.29, 0.717) is 73.6 Å². The van der Waals surface area contributed by atoms with Gasteiger partial charge >= 0.3 is 5.97 Å². The molecule has 5 rings (SSSR count). The Morgan fingerprint density at radius 1 is 0.333 bits per heavy atom. The third-order valence-corrected chi connectivity index (χ3v) is 17.9. The van der Waals surface area contributed by atoms with Gasteiger partial charge in [0.25, 0.3) is 0 Å². The van der Waals surface area contributed by atoms with Crippen molar-refractivity contribution in [3.63, 3.8) is 0 Å². The van der Waals surface area contributed by atoms with E-state index in [1.165, 1.54) is 0 Å². The van der Waals surface area contributed by atoms with E-state index in [9.17, 15) is 53.1 Å². The maximum Gasteiger partial charge on any atom is 0.327 e. The number of unbranched alkanes of at least 4 members (excludes halogenated alkanes) is 4. The first-order valence-corrected chi connectivity index (χ1v) is 34.3. The molecule has 0 aromatic heterocycles. The van der Waals surface area contributed by atoms with Crippen LogP contribution in [0.4, 0.5) is 0 Å². The Kier molecular flexibility index (Phi) is 34.5. The number of hydrogen-bond acceptors (Lipinski definition) is 17. The minimum atomic E-state index is -1.52. The van der Waals surface area contributed by atoms with Crippen molar-refractivity contribution in [3.8, 4) is 0 Å². The zero-order chi connectivity index (χ0) is 67.3. The predicted octanol–water partition coefficient (Wildman–Crippen LogP) is 0.643. The molecule has 0 radical (unpaired) electrons. The molecule has 506 valence electrons. The third kappa shape index (κ3) is 27.7. The molecule has 0 saturated carbocycles. The summed E-state index contributed by atoms with van der Waals surface area (Å²) in [6.45, 7) is 1.05. The molecule has 27 heteroatoms. The van der Waals surface area contributed by atoms with Crippen LogP contribution in [0, 0.1) is 0 Å². The molecule has 1 fully saturated rings. The molecule has 1 heterocycles. The molecule has 93 heavy (non-hydrogen) atoms. The topological polar surface area (TPSA) is 429 Å². The van der Waals surface area contributed by atoms with E-state index in [2.05, 4.69) is 47.9 Å². The van der Waals surface area contributed by atoms with E-state index >= 15 is 0 Å². The third-order valence-electron chi connectivity index (χ3n) is 15.5. The first-order chi connectivity index (χ1) is 44.9. The van der Waals surface area contributed by atoms with E-state index in [1.54, 1.807) is 121 Å². The van der Waals surface area contributed by atoms with Gasteiger partial charge in [-0.2, -0.15) is 0 Å². The SMILES string of the molecule is NCCCCC1NC(=O)[C@H](Cc2ccccc2)NC(=O)[C@H](CCCCN)NC(=O)C(Cc2ccccc2)NC(=O)[C@H](CCCCN)NC(=O)C(Cc2ccccc2)NC(=O)C(CCCCN)NC(=O)[C@@H](N)CSSCC(C(=O)O)NC(=O)[C@H](Cc2ccccc2)NC1=O. The first kappa shape index (κ1) is 75.8. The number of nitrogens with two attached hydrogens (primary N) is 5. The molecule has 1 saturated heterocycles. The Balaban J connectivity index is 1.60. The monoisotopic (exact) mass is 1320 g/mol. The minimum absolute atomic E-state index is 0.0341. The Morgan fingerprint density at radius 2 is 0.559 bits per heavy atom. The number of hydrogen-bond donors (Lipinski definition) is 15. The van der Waals surface area contributed by atoms with Gasteiger partial charge in [-0.25, -0.2) is 4.79 Å². The molecule has 9 amide bonds. The lowest BCUT2D eigenvalue weighted by Gasteiger charge is -2.29. The van der Waals surface area contributed by atoms with Crippen molar-refractivity contribution in [2.75, 3.05) is 37.7 Å². The van der Waals surface area contributed by atoms with Crippen molar-refractivity contribution in [2.45, 2.75) is 163 Å². The van der Waals surface area contributed by atoms with Gasteiger partial charge in [0.1, 0.15) is 54.4 Å². The fourth-order valence-corrected chi connectivity index (χ4v) is 12.5. The van der Waals surface area contributed by atoms with E-state index < -0.39 is 120 Å². The summed E-state index contributed by atoms with van der Waals surface area (Å²) < 4.78 is 0. The molecule has 0 aliphatic carbocycles. The van der Waals surface area contributed by atoms with E-state index in [0.717, 1.165) is 21.6 Å². The number of benzene rings is 4. The summed E-state index contributed by atoms with van der Waals surface area (Å²) in [5, 5.41) is 35.5. The Hall–Kier alpha value is -7.92. The van der Waals surface area contributed by atoms with Crippen molar-refractivity contribution in [3.05, 3.63) is 144 Å². The molecule has 0 bridgehead atoms. The number of carboxylic acid groups (broad SMARTS) is 1. The Morgan fingerprint density at radius 3 is 0.817 bits per heavy atom. The summed E-state index contributed by atoms with van der Waals surface area (Å²) in [5.74, 6) is -8.68. The lowest BCUT2D eigenvalue weighted by atomic mass is 10.0. The van der Waals surface area contributed by atoms with Crippen LogP contribution < -0.4 is 76.5 Å². The van der Waals surface area contributed by atoms with Crippen molar-refractivity contribution in [1.29, 1.82) is 0 Å². The Bertz CT molecular complexity index is 2980. The van der Waals surface area contributed by atoms with E-state index in [-0.39, 0.29) is 89.1 Å². The van der Waals surface area contributed by atoms with Crippen LogP contribution in [0.15, 0.2) is 121 Å². The van der Waals surface area contributed by atoms with Crippen LogP contribution in [0.1, 0.15) is 99.3 Å². The van der Waals surface area contributed by atoms with Crippen LogP contribution in [0.5, 0.6) is 0 Å². The van der Waals surface area contributed by atoms with Gasteiger partial charge in [0.2, 0.25) is 53.2 Å². The maximum atomic E-state index is 15.0.